The second kappa shape index (κ2) is 9.23. The molecule has 3 heteroatoms. The third kappa shape index (κ3) is 7.16. The highest BCUT2D eigenvalue weighted by molar-refractivity contribution is 5.74. The minimum absolute atomic E-state index is 0.242. The molecular weight excluding hydrogens is 216 g/mol. The van der Waals surface area contributed by atoms with Crippen LogP contribution in [-0.4, -0.2) is 25.3 Å². The molecule has 1 rings (SSSR count). The smallest absolute Gasteiger partial charge is 0.334 e. The van der Waals surface area contributed by atoms with Crippen LogP contribution in [0.15, 0.2) is 12.2 Å². The number of esters is 1. The van der Waals surface area contributed by atoms with Crippen molar-refractivity contribution in [2.75, 3.05) is 13.2 Å². The van der Waals surface area contributed by atoms with Crippen molar-refractivity contribution in [3.8, 4) is 0 Å². The highest BCUT2D eigenvalue weighted by atomic mass is 16.6. The first-order valence-corrected chi connectivity index (χ1v) is 6.74. The van der Waals surface area contributed by atoms with E-state index in [1.807, 2.05) is 6.08 Å². The van der Waals surface area contributed by atoms with E-state index in [0.29, 0.717) is 13.2 Å². The fourth-order valence-corrected chi connectivity index (χ4v) is 1.82. The van der Waals surface area contributed by atoms with E-state index >= 15 is 0 Å². The topological polar surface area (TPSA) is 35.5 Å². The molecule has 1 heterocycles. The van der Waals surface area contributed by atoms with Gasteiger partial charge in [-0.25, -0.2) is 4.79 Å². The molecule has 0 saturated carbocycles. The van der Waals surface area contributed by atoms with Crippen molar-refractivity contribution in [3.63, 3.8) is 0 Å². The highest BCUT2D eigenvalue weighted by Gasteiger charge is 2.13. The maximum Gasteiger partial charge on any atom is 0.334 e. The molecule has 0 unspecified atom stereocenters. The molecule has 3 nitrogen and oxygen atoms in total. The summed E-state index contributed by atoms with van der Waals surface area (Å²) in [6.07, 6.45) is 12.0. The van der Waals surface area contributed by atoms with Crippen molar-refractivity contribution in [1.82, 2.24) is 0 Å². The summed E-state index contributed by atoms with van der Waals surface area (Å²) in [5.74, 6) is -0.242. The number of carbonyl (C=O) groups excluding carboxylic acids is 1. The van der Waals surface area contributed by atoms with E-state index in [1.165, 1.54) is 25.7 Å². The average molecular weight is 240 g/mol. The minimum Gasteiger partial charge on any atom is -0.464 e. The molecule has 0 N–H and O–H groups in total. The van der Waals surface area contributed by atoms with Crippen molar-refractivity contribution < 1.29 is 14.3 Å². The predicted octanol–water partition coefficient (Wildman–Crippen LogP) is 3.24. The summed E-state index contributed by atoms with van der Waals surface area (Å²) in [7, 11) is 0. The van der Waals surface area contributed by atoms with Gasteiger partial charge in [0.1, 0.15) is 0 Å². The molecule has 0 aromatic rings. The largest absolute Gasteiger partial charge is 0.464 e. The number of ether oxygens (including phenoxy) is 2. The van der Waals surface area contributed by atoms with Crippen LogP contribution in [0.5, 0.6) is 0 Å². The lowest BCUT2D eigenvalue weighted by atomic mass is 10.1. The Morgan fingerprint density at radius 1 is 1.06 bits per heavy atom. The lowest BCUT2D eigenvalue weighted by Crippen LogP contribution is -2.23. The van der Waals surface area contributed by atoms with Crippen LogP contribution in [0.3, 0.4) is 0 Å². The maximum absolute atomic E-state index is 11.5. The molecule has 17 heavy (non-hydrogen) atoms. The van der Waals surface area contributed by atoms with Crippen molar-refractivity contribution >= 4 is 5.97 Å². The van der Waals surface area contributed by atoms with Gasteiger partial charge in [-0.1, -0.05) is 37.8 Å². The number of hydrogen-bond acceptors (Lipinski definition) is 3. The van der Waals surface area contributed by atoms with Crippen LogP contribution in [0, 0.1) is 0 Å². The van der Waals surface area contributed by atoms with Gasteiger partial charge in [0.05, 0.1) is 13.2 Å². The van der Waals surface area contributed by atoms with E-state index in [2.05, 4.69) is 6.08 Å². The number of carbonyl (C=O) groups is 1. The van der Waals surface area contributed by atoms with Gasteiger partial charge >= 0.3 is 5.97 Å². The molecular formula is C14H24O3. The Morgan fingerprint density at radius 2 is 1.76 bits per heavy atom. The Morgan fingerprint density at radius 3 is 2.59 bits per heavy atom. The molecule has 0 bridgehead atoms. The van der Waals surface area contributed by atoms with Crippen LogP contribution >= 0.6 is 0 Å². The van der Waals surface area contributed by atoms with E-state index < -0.39 is 6.10 Å². The van der Waals surface area contributed by atoms with Gasteiger partial charge in [-0.05, 0) is 26.2 Å². The van der Waals surface area contributed by atoms with E-state index in [0.717, 1.165) is 19.3 Å². The minimum atomic E-state index is -0.454. The summed E-state index contributed by atoms with van der Waals surface area (Å²) < 4.78 is 10.5. The third-order valence-electron chi connectivity index (χ3n) is 2.95. The summed E-state index contributed by atoms with van der Waals surface area (Å²) in [5, 5.41) is 0. The zero-order valence-electron chi connectivity index (χ0n) is 10.8. The van der Waals surface area contributed by atoms with Gasteiger partial charge in [0, 0.05) is 0 Å². The maximum atomic E-state index is 11.5. The van der Waals surface area contributed by atoms with Crippen molar-refractivity contribution in [1.29, 1.82) is 0 Å². The molecule has 98 valence electrons. The second-order valence-corrected chi connectivity index (χ2v) is 4.52. The Bertz CT molecular complexity index is 236. The van der Waals surface area contributed by atoms with Crippen LogP contribution < -0.4 is 0 Å². The summed E-state index contributed by atoms with van der Waals surface area (Å²) in [4.78, 5) is 11.5. The molecule has 0 radical (unpaired) electrons. The summed E-state index contributed by atoms with van der Waals surface area (Å²) in [5.41, 5.74) is 0. The van der Waals surface area contributed by atoms with Crippen LogP contribution in [0.2, 0.25) is 0 Å². The van der Waals surface area contributed by atoms with Gasteiger partial charge in [0.15, 0.2) is 6.10 Å². The lowest BCUT2D eigenvalue weighted by molar-refractivity contribution is -0.155. The first-order valence-electron chi connectivity index (χ1n) is 6.74. The highest BCUT2D eigenvalue weighted by Crippen LogP contribution is 2.08. The molecule has 0 spiro atoms. The van der Waals surface area contributed by atoms with Crippen LogP contribution in [0.1, 0.15) is 51.9 Å². The normalized spacial score (nSPS) is 25.7. The molecule has 0 fully saturated rings. The number of rotatable bonds is 0. The summed E-state index contributed by atoms with van der Waals surface area (Å²) in [6, 6.07) is 0. The van der Waals surface area contributed by atoms with Gasteiger partial charge in [0.2, 0.25) is 0 Å². The fourth-order valence-electron chi connectivity index (χ4n) is 1.82. The molecule has 0 amide bonds. The van der Waals surface area contributed by atoms with E-state index in [9.17, 15) is 4.79 Å². The van der Waals surface area contributed by atoms with Crippen molar-refractivity contribution in [2.24, 2.45) is 0 Å². The first-order chi connectivity index (χ1) is 8.30. The molecule has 1 aliphatic rings. The van der Waals surface area contributed by atoms with Crippen LogP contribution in [0.4, 0.5) is 0 Å². The van der Waals surface area contributed by atoms with Gasteiger partial charge in [-0.15, -0.1) is 0 Å². The Hall–Kier alpha value is -0.830. The Labute approximate surface area is 104 Å². The quantitative estimate of drug-likeness (QED) is 0.481. The molecule has 0 aromatic heterocycles. The van der Waals surface area contributed by atoms with E-state index in [-0.39, 0.29) is 5.97 Å². The monoisotopic (exact) mass is 240 g/mol. The standard InChI is InChI=1S/C14H24O3/c1-13-14(15)17-12-10-8-6-4-2-3-5-7-9-11-16-13/h7,9,13H,2-6,8,10-12H2,1H3/t13-/m0/s1. The van der Waals surface area contributed by atoms with Gasteiger partial charge in [0.25, 0.3) is 0 Å². The van der Waals surface area contributed by atoms with E-state index in [1.54, 1.807) is 6.92 Å². The van der Waals surface area contributed by atoms with E-state index in [4.69, 9.17) is 9.47 Å². The van der Waals surface area contributed by atoms with Crippen LogP contribution in [-0.2, 0) is 14.3 Å². The summed E-state index contributed by atoms with van der Waals surface area (Å²) in [6.45, 7) is 2.77. The number of cyclic esters (lactones) is 1. The zero-order chi connectivity index (χ0) is 12.3. The molecule has 1 aliphatic heterocycles. The lowest BCUT2D eigenvalue weighted by Gasteiger charge is -2.11. The van der Waals surface area contributed by atoms with Gasteiger partial charge < -0.3 is 9.47 Å². The second-order valence-electron chi connectivity index (χ2n) is 4.52. The molecule has 0 aliphatic carbocycles. The molecule has 0 aromatic carbocycles. The Kier molecular flexibility index (Phi) is 7.72. The third-order valence-corrected chi connectivity index (χ3v) is 2.95. The Balaban J connectivity index is 2.31. The number of hydrogen-bond donors (Lipinski definition) is 0. The fraction of sp³-hybridized carbons (Fsp3) is 0.786. The summed E-state index contributed by atoms with van der Waals surface area (Å²) >= 11 is 0. The number of allylic oxidation sites excluding steroid dienone is 1. The van der Waals surface area contributed by atoms with Crippen LogP contribution in [0.25, 0.3) is 0 Å². The van der Waals surface area contributed by atoms with Crippen molar-refractivity contribution in [3.05, 3.63) is 12.2 Å². The molecule has 0 saturated heterocycles. The first kappa shape index (κ1) is 14.2. The van der Waals surface area contributed by atoms with Gasteiger partial charge in [-0.3, -0.25) is 0 Å². The SMILES string of the molecule is C[C@@H]1OCC=CCCCCCCCCOC1=O. The predicted molar refractivity (Wildman–Crippen MR) is 67.8 cm³/mol. The zero-order valence-corrected chi connectivity index (χ0v) is 10.8. The molecule has 1 atom stereocenters. The van der Waals surface area contributed by atoms with Crippen molar-refractivity contribution in [2.45, 2.75) is 58.0 Å². The average Bonchev–Trinajstić information content (AvgIpc) is 2.34. The van der Waals surface area contributed by atoms with Gasteiger partial charge in [-0.2, -0.15) is 0 Å².